The van der Waals surface area contributed by atoms with Crippen molar-refractivity contribution in [2.75, 3.05) is 26.2 Å². The number of nitrogens with zero attached hydrogens (tertiary/aromatic N) is 1. The Bertz CT molecular complexity index is 924. The van der Waals surface area contributed by atoms with Crippen molar-refractivity contribution < 1.29 is 22.7 Å². The van der Waals surface area contributed by atoms with Gasteiger partial charge in [-0.3, -0.25) is 9.69 Å². The van der Waals surface area contributed by atoms with Crippen molar-refractivity contribution in [3.8, 4) is 5.75 Å². The van der Waals surface area contributed by atoms with Gasteiger partial charge in [0.15, 0.2) is 5.78 Å². The number of rotatable bonds is 7. The van der Waals surface area contributed by atoms with E-state index in [0.717, 1.165) is 62.9 Å². The van der Waals surface area contributed by atoms with E-state index in [4.69, 9.17) is 16.3 Å². The summed E-state index contributed by atoms with van der Waals surface area (Å²) in [6, 6.07) is 12.4. The van der Waals surface area contributed by atoms with E-state index in [1.54, 1.807) is 0 Å². The molecule has 1 saturated heterocycles. The van der Waals surface area contributed by atoms with Gasteiger partial charge < -0.3 is 4.74 Å². The second kappa shape index (κ2) is 9.44. The minimum Gasteiger partial charge on any atom is -0.493 e. The predicted octanol–water partition coefficient (Wildman–Crippen LogP) is 6.14. The molecule has 2 aliphatic rings. The van der Waals surface area contributed by atoms with Crippen LogP contribution >= 0.6 is 11.6 Å². The first-order valence-electron chi connectivity index (χ1n) is 11.1. The van der Waals surface area contributed by atoms with Crippen LogP contribution in [0.2, 0.25) is 5.02 Å². The van der Waals surface area contributed by atoms with Crippen molar-refractivity contribution in [2.24, 2.45) is 5.92 Å². The largest absolute Gasteiger partial charge is 0.493 e. The Morgan fingerprint density at radius 1 is 1.06 bits per heavy atom. The minimum atomic E-state index is -4.35. The number of hydrogen-bond acceptors (Lipinski definition) is 3. The number of halogens is 4. The Hall–Kier alpha value is -2.05. The molecular formula is C25H27ClF3NO2. The molecular weight excluding hydrogens is 439 g/mol. The van der Waals surface area contributed by atoms with Crippen LogP contribution in [0.1, 0.15) is 43.2 Å². The Morgan fingerprint density at radius 3 is 2.34 bits per heavy atom. The first kappa shape index (κ1) is 23.1. The zero-order chi connectivity index (χ0) is 22.8. The van der Waals surface area contributed by atoms with E-state index in [0.29, 0.717) is 23.9 Å². The zero-order valence-electron chi connectivity index (χ0n) is 17.8. The van der Waals surface area contributed by atoms with Gasteiger partial charge in [0.05, 0.1) is 24.1 Å². The Balaban J connectivity index is 1.32. The van der Waals surface area contributed by atoms with E-state index >= 15 is 0 Å². The van der Waals surface area contributed by atoms with Crippen LogP contribution in [-0.4, -0.2) is 36.9 Å². The molecule has 0 aromatic heterocycles. The third-order valence-electron chi connectivity index (χ3n) is 6.78. The molecule has 0 amide bonds. The Kier molecular flexibility index (Phi) is 6.82. The number of ether oxygens (including phenoxy) is 1. The predicted molar refractivity (Wildman–Crippen MR) is 118 cm³/mol. The van der Waals surface area contributed by atoms with Crippen molar-refractivity contribution in [2.45, 2.75) is 43.7 Å². The van der Waals surface area contributed by atoms with Crippen molar-refractivity contribution in [3.63, 3.8) is 0 Å². The molecule has 172 valence electrons. The van der Waals surface area contributed by atoms with Gasteiger partial charge in [0.1, 0.15) is 5.75 Å². The molecule has 3 nitrogen and oxygen atoms in total. The fourth-order valence-corrected chi connectivity index (χ4v) is 4.89. The van der Waals surface area contributed by atoms with Gasteiger partial charge in [0, 0.05) is 17.5 Å². The maximum absolute atomic E-state index is 13.3. The van der Waals surface area contributed by atoms with Gasteiger partial charge in [-0.05, 0) is 74.2 Å². The van der Waals surface area contributed by atoms with Crippen LogP contribution in [0.15, 0.2) is 48.5 Å². The van der Waals surface area contributed by atoms with Crippen LogP contribution < -0.4 is 4.74 Å². The standard InChI is InChI=1S/C25H27ClF3NO2/c26-21-8-4-19(5-9-21)24(12-2-13-24)23(31)16-30-14-1-3-18(15-30)17-32-22-10-6-20(7-11-22)25(27,28)29/h4-11,18H,1-3,12-17H2/t18-/m1/s1. The molecule has 7 heteroatoms. The monoisotopic (exact) mass is 465 g/mol. The highest BCUT2D eigenvalue weighted by Crippen LogP contribution is 2.45. The van der Waals surface area contributed by atoms with Crippen molar-refractivity contribution in [3.05, 3.63) is 64.7 Å². The maximum Gasteiger partial charge on any atom is 0.416 e. The van der Waals surface area contributed by atoms with Crippen LogP contribution in [0.3, 0.4) is 0 Å². The third-order valence-corrected chi connectivity index (χ3v) is 7.03. The van der Waals surface area contributed by atoms with Crippen molar-refractivity contribution in [1.82, 2.24) is 4.90 Å². The summed E-state index contributed by atoms with van der Waals surface area (Å²) >= 11 is 6.02. The summed E-state index contributed by atoms with van der Waals surface area (Å²) in [5.74, 6) is 0.935. The second-order valence-corrected chi connectivity index (χ2v) is 9.38. The number of ketones is 1. The molecule has 1 aliphatic carbocycles. The van der Waals surface area contributed by atoms with Crippen LogP contribution in [0.5, 0.6) is 5.75 Å². The third kappa shape index (κ3) is 5.12. The van der Waals surface area contributed by atoms with Gasteiger partial charge >= 0.3 is 6.18 Å². The molecule has 2 fully saturated rings. The lowest BCUT2D eigenvalue weighted by Crippen LogP contribution is -2.49. The molecule has 2 aromatic rings. The fraction of sp³-hybridized carbons (Fsp3) is 0.480. The molecule has 0 unspecified atom stereocenters. The van der Waals surface area contributed by atoms with Gasteiger partial charge in [-0.25, -0.2) is 0 Å². The molecule has 0 bridgehead atoms. The zero-order valence-corrected chi connectivity index (χ0v) is 18.6. The lowest BCUT2D eigenvalue weighted by atomic mass is 9.62. The van der Waals surface area contributed by atoms with Crippen molar-refractivity contribution in [1.29, 1.82) is 0 Å². The maximum atomic E-state index is 13.3. The fourth-order valence-electron chi connectivity index (χ4n) is 4.77. The van der Waals surface area contributed by atoms with E-state index in [1.165, 1.54) is 12.1 Å². The van der Waals surface area contributed by atoms with Gasteiger partial charge in [-0.1, -0.05) is 30.2 Å². The molecule has 0 N–H and O–H groups in total. The van der Waals surface area contributed by atoms with E-state index in [-0.39, 0.29) is 11.7 Å². The first-order chi connectivity index (χ1) is 15.3. The van der Waals surface area contributed by atoms with Gasteiger partial charge in [0.25, 0.3) is 0 Å². The average Bonchev–Trinajstić information content (AvgIpc) is 2.73. The van der Waals surface area contributed by atoms with Crippen LogP contribution in [0.4, 0.5) is 13.2 Å². The number of likely N-dealkylation sites (tertiary alicyclic amines) is 1. The van der Waals surface area contributed by atoms with E-state index in [9.17, 15) is 18.0 Å². The topological polar surface area (TPSA) is 29.5 Å². The number of benzene rings is 2. The summed E-state index contributed by atoms with van der Waals surface area (Å²) in [4.78, 5) is 15.5. The number of carbonyl (C=O) groups is 1. The molecule has 32 heavy (non-hydrogen) atoms. The molecule has 1 atom stereocenters. The van der Waals surface area contributed by atoms with Crippen LogP contribution in [-0.2, 0) is 16.4 Å². The number of Topliss-reactive ketones (excluding diaryl/α,β-unsaturated/α-hetero) is 1. The van der Waals surface area contributed by atoms with Gasteiger partial charge in [0.2, 0.25) is 0 Å². The van der Waals surface area contributed by atoms with Crippen LogP contribution in [0, 0.1) is 5.92 Å². The van der Waals surface area contributed by atoms with Gasteiger partial charge in [-0.2, -0.15) is 13.2 Å². The molecule has 1 aliphatic heterocycles. The minimum absolute atomic E-state index is 0.242. The lowest BCUT2D eigenvalue weighted by Gasteiger charge is -2.43. The second-order valence-electron chi connectivity index (χ2n) is 8.94. The number of piperidine rings is 1. The summed E-state index contributed by atoms with van der Waals surface area (Å²) in [5, 5.41) is 0.669. The summed E-state index contributed by atoms with van der Waals surface area (Å²) in [6.07, 6.45) is 0.413. The normalized spacial score (nSPS) is 21.1. The summed E-state index contributed by atoms with van der Waals surface area (Å²) in [7, 11) is 0. The van der Waals surface area contributed by atoms with Gasteiger partial charge in [-0.15, -0.1) is 0 Å². The van der Waals surface area contributed by atoms with Crippen molar-refractivity contribution >= 4 is 17.4 Å². The average molecular weight is 466 g/mol. The highest BCUT2D eigenvalue weighted by Gasteiger charge is 2.45. The van der Waals surface area contributed by atoms with E-state index < -0.39 is 17.2 Å². The first-order valence-corrected chi connectivity index (χ1v) is 11.5. The molecule has 1 heterocycles. The van der Waals surface area contributed by atoms with Crippen LogP contribution in [0.25, 0.3) is 0 Å². The van der Waals surface area contributed by atoms with E-state index in [2.05, 4.69) is 4.90 Å². The Labute approximate surface area is 191 Å². The highest BCUT2D eigenvalue weighted by molar-refractivity contribution is 6.30. The number of alkyl halides is 3. The summed E-state index contributed by atoms with van der Waals surface area (Å²) in [6.45, 7) is 2.47. The van der Waals surface area contributed by atoms with E-state index in [1.807, 2.05) is 24.3 Å². The molecule has 2 aromatic carbocycles. The SMILES string of the molecule is O=C(CN1CCC[C@@H](COc2ccc(C(F)(F)F)cc2)C1)C1(c2ccc(Cl)cc2)CCC1. The molecule has 4 rings (SSSR count). The Morgan fingerprint density at radius 2 is 1.75 bits per heavy atom. The smallest absolute Gasteiger partial charge is 0.416 e. The lowest BCUT2D eigenvalue weighted by molar-refractivity contribution is -0.137. The molecule has 0 radical (unpaired) electrons. The number of carbonyl (C=O) groups excluding carboxylic acids is 1. The highest BCUT2D eigenvalue weighted by atomic mass is 35.5. The quantitative estimate of drug-likeness (QED) is 0.492. The number of hydrogen-bond donors (Lipinski definition) is 0. The molecule has 1 saturated carbocycles. The summed E-state index contributed by atoms with van der Waals surface area (Å²) < 4.78 is 43.9. The molecule has 0 spiro atoms. The summed E-state index contributed by atoms with van der Waals surface area (Å²) in [5.41, 5.74) is -0.0241.